The van der Waals surface area contributed by atoms with Gasteiger partial charge in [-0.1, -0.05) is 37.1 Å². The minimum absolute atomic E-state index is 0.163. The fraction of sp³-hybridized carbons (Fsp3) is 0.333. The summed E-state index contributed by atoms with van der Waals surface area (Å²) < 4.78 is 10.7. The Kier molecular flexibility index (Phi) is 6.30. The summed E-state index contributed by atoms with van der Waals surface area (Å²) in [6.45, 7) is -0.182. The zero-order valence-electron chi connectivity index (χ0n) is 15.4. The number of ether oxygens (including phenoxy) is 2. The minimum atomic E-state index is -0.345. The summed E-state index contributed by atoms with van der Waals surface area (Å²) >= 11 is 0. The lowest BCUT2D eigenvalue weighted by Gasteiger charge is -2.15. The van der Waals surface area contributed by atoms with Crippen molar-refractivity contribution in [1.29, 1.82) is 0 Å². The van der Waals surface area contributed by atoms with Gasteiger partial charge >= 0.3 is 0 Å². The largest absolute Gasteiger partial charge is 0.493 e. The van der Waals surface area contributed by atoms with E-state index in [9.17, 15) is 9.59 Å². The van der Waals surface area contributed by atoms with E-state index in [0.29, 0.717) is 22.7 Å². The topological polar surface area (TPSA) is 76.7 Å². The Morgan fingerprint density at radius 2 is 1.67 bits per heavy atom. The SMILES string of the molecule is COc1ccccc1OCC(=O)Nc1ccccc1C(=O)NC1CCCC1. The van der Waals surface area contributed by atoms with Crippen LogP contribution in [0.3, 0.4) is 0 Å². The number of hydrogen-bond acceptors (Lipinski definition) is 4. The van der Waals surface area contributed by atoms with Crippen LogP contribution in [0.4, 0.5) is 5.69 Å². The van der Waals surface area contributed by atoms with Gasteiger partial charge in [0.15, 0.2) is 18.1 Å². The number of amides is 2. The standard InChI is InChI=1S/C21H24N2O4/c1-26-18-12-6-7-13-19(18)27-14-20(24)23-17-11-5-4-10-16(17)21(25)22-15-8-2-3-9-15/h4-7,10-13,15H,2-3,8-9,14H2,1H3,(H,22,25)(H,23,24). The van der Waals surface area contributed by atoms with Crippen molar-refractivity contribution >= 4 is 17.5 Å². The Morgan fingerprint density at radius 1 is 1.00 bits per heavy atom. The van der Waals surface area contributed by atoms with E-state index >= 15 is 0 Å². The second-order valence-electron chi connectivity index (χ2n) is 6.49. The molecule has 142 valence electrons. The number of benzene rings is 2. The van der Waals surface area contributed by atoms with Crippen molar-refractivity contribution in [3.63, 3.8) is 0 Å². The summed E-state index contributed by atoms with van der Waals surface area (Å²) in [6, 6.07) is 14.3. The summed E-state index contributed by atoms with van der Waals surface area (Å²) in [6.07, 6.45) is 4.30. The fourth-order valence-electron chi connectivity index (χ4n) is 3.19. The van der Waals surface area contributed by atoms with Crippen molar-refractivity contribution in [2.75, 3.05) is 19.0 Å². The molecular formula is C21H24N2O4. The van der Waals surface area contributed by atoms with E-state index in [4.69, 9.17) is 9.47 Å². The summed E-state index contributed by atoms with van der Waals surface area (Å²) in [4.78, 5) is 24.9. The maximum atomic E-state index is 12.6. The van der Waals surface area contributed by atoms with Gasteiger partial charge in [0.2, 0.25) is 0 Å². The first-order valence-electron chi connectivity index (χ1n) is 9.13. The van der Waals surface area contributed by atoms with E-state index in [2.05, 4.69) is 10.6 Å². The number of para-hydroxylation sites is 3. The average Bonchev–Trinajstić information content (AvgIpc) is 3.20. The predicted octanol–water partition coefficient (Wildman–Crippen LogP) is 3.39. The first-order valence-corrected chi connectivity index (χ1v) is 9.13. The van der Waals surface area contributed by atoms with Gasteiger partial charge in [-0.25, -0.2) is 0 Å². The van der Waals surface area contributed by atoms with Gasteiger partial charge in [-0.2, -0.15) is 0 Å². The highest BCUT2D eigenvalue weighted by Crippen LogP contribution is 2.26. The number of rotatable bonds is 7. The molecule has 0 spiro atoms. The first-order chi connectivity index (χ1) is 13.2. The van der Waals surface area contributed by atoms with Crippen molar-refractivity contribution in [2.24, 2.45) is 0 Å². The van der Waals surface area contributed by atoms with Gasteiger partial charge in [0.1, 0.15) is 0 Å². The molecule has 2 aromatic carbocycles. The zero-order valence-corrected chi connectivity index (χ0v) is 15.4. The normalized spacial score (nSPS) is 13.8. The van der Waals surface area contributed by atoms with Crippen LogP contribution in [0.2, 0.25) is 0 Å². The van der Waals surface area contributed by atoms with Crippen molar-refractivity contribution in [1.82, 2.24) is 5.32 Å². The molecule has 2 N–H and O–H groups in total. The molecule has 1 aliphatic rings. The van der Waals surface area contributed by atoms with E-state index in [1.807, 2.05) is 6.07 Å². The maximum absolute atomic E-state index is 12.6. The number of anilines is 1. The molecule has 0 unspecified atom stereocenters. The summed E-state index contributed by atoms with van der Waals surface area (Å²) in [7, 11) is 1.54. The molecule has 0 saturated heterocycles. The lowest BCUT2D eigenvalue weighted by Crippen LogP contribution is -2.33. The van der Waals surface area contributed by atoms with Crippen LogP contribution in [0.15, 0.2) is 48.5 Å². The molecule has 3 rings (SSSR count). The molecule has 2 aromatic rings. The van der Waals surface area contributed by atoms with Crippen LogP contribution < -0.4 is 20.1 Å². The minimum Gasteiger partial charge on any atom is -0.493 e. The highest BCUT2D eigenvalue weighted by Gasteiger charge is 2.20. The van der Waals surface area contributed by atoms with Crippen LogP contribution in [-0.4, -0.2) is 31.6 Å². The molecule has 0 radical (unpaired) electrons. The number of carbonyl (C=O) groups is 2. The smallest absolute Gasteiger partial charge is 0.262 e. The first kappa shape index (κ1) is 18.8. The third-order valence-corrected chi connectivity index (χ3v) is 4.56. The number of hydrogen-bond donors (Lipinski definition) is 2. The van der Waals surface area contributed by atoms with E-state index in [0.717, 1.165) is 25.7 Å². The van der Waals surface area contributed by atoms with E-state index in [-0.39, 0.29) is 24.5 Å². The van der Waals surface area contributed by atoms with Gasteiger partial charge in [0.05, 0.1) is 18.4 Å². The van der Waals surface area contributed by atoms with Gasteiger partial charge in [-0.05, 0) is 37.1 Å². The summed E-state index contributed by atoms with van der Waals surface area (Å²) in [5, 5.41) is 5.80. The van der Waals surface area contributed by atoms with E-state index < -0.39 is 0 Å². The summed E-state index contributed by atoms with van der Waals surface area (Å²) in [5.74, 6) is 0.537. The monoisotopic (exact) mass is 368 g/mol. The van der Waals surface area contributed by atoms with Crippen LogP contribution >= 0.6 is 0 Å². The van der Waals surface area contributed by atoms with Crippen molar-refractivity contribution in [3.05, 3.63) is 54.1 Å². The van der Waals surface area contributed by atoms with Crippen molar-refractivity contribution < 1.29 is 19.1 Å². The molecule has 0 aliphatic heterocycles. The van der Waals surface area contributed by atoms with Crippen LogP contribution in [0, 0.1) is 0 Å². The van der Waals surface area contributed by atoms with Crippen molar-refractivity contribution in [3.8, 4) is 11.5 Å². The molecule has 27 heavy (non-hydrogen) atoms. The van der Waals surface area contributed by atoms with E-state index in [1.165, 1.54) is 0 Å². The van der Waals surface area contributed by atoms with Crippen molar-refractivity contribution in [2.45, 2.75) is 31.7 Å². The molecule has 1 aliphatic carbocycles. The Morgan fingerprint density at radius 3 is 2.41 bits per heavy atom. The van der Waals surface area contributed by atoms with Crippen LogP contribution in [0.1, 0.15) is 36.0 Å². The Hall–Kier alpha value is -3.02. The third kappa shape index (κ3) is 5.00. The van der Waals surface area contributed by atoms with Gasteiger partial charge in [0.25, 0.3) is 11.8 Å². The average molecular weight is 368 g/mol. The summed E-state index contributed by atoms with van der Waals surface area (Å²) in [5.41, 5.74) is 0.927. The highest BCUT2D eigenvalue weighted by molar-refractivity contribution is 6.04. The lowest BCUT2D eigenvalue weighted by atomic mass is 10.1. The Bertz CT molecular complexity index is 800. The second kappa shape index (κ2) is 9.07. The molecule has 6 heteroatoms. The molecule has 1 saturated carbocycles. The predicted molar refractivity (Wildman–Crippen MR) is 103 cm³/mol. The Balaban J connectivity index is 1.61. The molecular weight excluding hydrogens is 344 g/mol. The molecule has 0 aromatic heterocycles. The van der Waals surface area contributed by atoms with Gasteiger partial charge in [0, 0.05) is 6.04 Å². The molecule has 6 nitrogen and oxygen atoms in total. The van der Waals surface area contributed by atoms with Crippen LogP contribution in [0.25, 0.3) is 0 Å². The molecule has 0 bridgehead atoms. The zero-order chi connectivity index (χ0) is 19.1. The van der Waals surface area contributed by atoms with E-state index in [1.54, 1.807) is 49.6 Å². The molecule has 0 heterocycles. The highest BCUT2D eigenvalue weighted by atomic mass is 16.5. The quantitative estimate of drug-likeness (QED) is 0.785. The fourth-order valence-corrected chi connectivity index (χ4v) is 3.19. The lowest BCUT2D eigenvalue weighted by molar-refractivity contribution is -0.118. The Labute approximate surface area is 158 Å². The third-order valence-electron chi connectivity index (χ3n) is 4.56. The molecule has 0 atom stereocenters. The van der Waals surface area contributed by atoms with Crippen LogP contribution in [0.5, 0.6) is 11.5 Å². The number of carbonyl (C=O) groups excluding carboxylic acids is 2. The maximum Gasteiger partial charge on any atom is 0.262 e. The van der Waals surface area contributed by atoms with Gasteiger partial charge in [-0.3, -0.25) is 9.59 Å². The van der Waals surface area contributed by atoms with Gasteiger partial charge < -0.3 is 20.1 Å². The molecule has 1 fully saturated rings. The number of nitrogens with one attached hydrogen (secondary N) is 2. The number of methoxy groups -OCH3 is 1. The van der Waals surface area contributed by atoms with Gasteiger partial charge in [-0.15, -0.1) is 0 Å². The molecule has 2 amide bonds. The second-order valence-corrected chi connectivity index (χ2v) is 6.49. The van der Waals surface area contributed by atoms with Crippen LogP contribution in [-0.2, 0) is 4.79 Å².